The molecule has 0 spiro atoms. The minimum absolute atomic E-state index is 0.228. The van der Waals surface area contributed by atoms with Gasteiger partial charge in [0.2, 0.25) is 0 Å². The van der Waals surface area contributed by atoms with Crippen molar-refractivity contribution in [3.05, 3.63) is 30.1 Å². The highest BCUT2D eigenvalue weighted by Gasteiger charge is 2.30. The van der Waals surface area contributed by atoms with Crippen LogP contribution in [0.1, 0.15) is 25.7 Å². The van der Waals surface area contributed by atoms with Crippen LogP contribution in [0, 0.1) is 5.82 Å². The van der Waals surface area contributed by atoms with Gasteiger partial charge in [-0.3, -0.25) is 4.90 Å². The summed E-state index contributed by atoms with van der Waals surface area (Å²) in [5, 5.41) is 10.3. The summed E-state index contributed by atoms with van der Waals surface area (Å²) >= 11 is 0. The normalized spacial score (nSPS) is 28.3. The Bertz CT molecular complexity index is 479. The maximum atomic E-state index is 13.7. The minimum Gasteiger partial charge on any atom is -0.485 e. The first kappa shape index (κ1) is 15.7. The van der Waals surface area contributed by atoms with Gasteiger partial charge in [-0.15, -0.1) is 0 Å². The fourth-order valence-corrected chi connectivity index (χ4v) is 3.34. The molecule has 0 aromatic heterocycles. The fourth-order valence-electron chi connectivity index (χ4n) is 3.34. The molecule has 2 saturated heterocycles. The lowest BCUT2D eigenvalue weighted by Gasteiger charge is -2.33. The molecule has 2 aliphatic rings. The molecule has 122 valence electrons. The summed E-state index contributed by atoms with van der Waals surface area (Å²) in [6.45, 7) is 3.38. The van der Waals surface area contributed by atoms with Crippen molar-refractivity contribution in [1.29, 1.82) is 0 Å². The summed E-state index contributed by atoms with van der Waals surface area (Å²) in [4.78, 5) is 2.43. The molecule has 0 amide bonds. The Hall–Kier alpha value is -1.17. The molecule has 0 saturated carbocycles. The molecule has 1 aromatic rings. The van der Waals surface area contributed by atoms with Crippen LogP contribution >= 0.6 is 0 Å². The molecule has 2 fully saturated rings. The van der Waals surface area contributed by atoms with Gasteiger partial charge in [0.05, 0.1) is 6.10 Å². The van der Waals surface area contributed by atoms with Crippen LogP contribution in [-0.4, -0.2) is 54.6 Å². The van der Waals surface area contributed by atoms with Crippen molar-refractivity contribution in [3.8, 4) is 5.75 Å². The van der Waals surface area contributed by atoms with Crippen LogP contribution in [0.25, 0.3) is 0 Å². The highest BCUT2D eigenvalue weighted by Crippen LogP contribution is 2.24. The van der Waals surface area contributed by atoms with Crippen molar-refractivity contribution >= 4 is 0 Å². The van der Waals surface area contributed by atoms with E-state index < -0.39 is 6.10 Å². The fraction of sp³-hybridized carbons (Fsp3) is 0.647. The van der Waals surface area contributed by atoms with Crippen molar-refractivity contribution in [1.82, 2.24) is 4.90 Å². The molecule has 2 aliphatic heterocycles. The van der Waals surface area contributed by atoms with Gasteiger partial charge < -0.3 is 14.6 Å². The standard InChI is InChI=1S/C17H24FNO3/c18-14-3-1-2-4-16(14)22-17-6-10-19(9-5-15(17)20)13-7-11-21-12-8-13/h1-4,13,15,17,20H,5-12H2/t15-,17-/m0/s1. The Kier molecular flexibility index (Phi) is 5.28. The predicted octanol–water partition coefficient (Wildman–Crippen LogP) is 2.21. The highest BCUT2D eigenvalue weighted by atomic mass is 19.1. The smallest absolute Gasteiger partial charge is 0.165 e. The lowest BCUT2D eigenvalue weighted by Crippen LogP contribution is -2.40. The zero-order chi connectivity index (χ0) is 15.4. The van der Waals surface area contributed by atoms with E-state index in [1.807, 2.05) is 0 Å². The van der Waals surface area contributed by atoms with Gasteiger partial charge in [-0.2, -0.15) is 0 Å². The number of para-hydroxylation sites is 1. The molecule has 0 unspecified atom stereocenters. The summed E-state index contributed by atoms with van der Waals surface area (Å²) in [6.07, 6.45) is 2.58. The number of rotatable bonds is 3. The van der Waals surface area contributed by atoms with Crippen molar-refractivity contribution in [3.63, 3.8) is 0 Å². The second-order valence-electron chi connectivity index (χ2n) is 6.11. The van der Waals surface area contributed by atoms with Gasteiger partial charge >= 0.3 is 0 Å². The molecule has 3 rings (SSSR count). The van der Waals surface area contributed by atoms with E-state index in [-0.39, 0.29) is 17.7 Å². The zero-order valence-corrected chi connectivity index (χ0v) is 12.8. The molecule has 4 nitrogen and oxygen atoms in total. The molecule has 2 atom stereocenters. The van der Waals surface area contributed by atoms with E-state index in [1.165, 1.54) is 6.07 Å². The van der Waals surface area contributed by atoms with Crippen LogP contribution in [0.3, 0.4) is 0 Å². The largest absolute Gasteiger partial charge is 0.485 e. The number of aliphatic hydroxyl groups is 1. The Balaban J connectivity index is 1.60. The van der Waals surface area contributed by atoms with Gasteiger partial charge in [0, 0.05) is 32.3 Å². The first-order chi connectivity index (χ1) is 10.7. The Labute approximate surface area is 130 Å². The summed E-state index contributed by atoms with van der Waals surface area (Å²) in [6, 6.07) is 6.91. The summed E-state index contributed by atoms with van der Waals surface area (Å²) in [7, 11) is 0. The monoisotopic (exact) mass is 309 g/mol. The summed E-state index contributed by atoms with van der Waals surface area (Å²) in [5.41, 5.74) is 0. The maximum absolute atomic E-state index is 13.7. The Morgan fingerprint density at radius 1 is 1.09 bits per heavy atom. The van der Waals surface area contributed by atoms with Crippen molar-refractivity contribution in [2.24, 2.45) is 0 Å². The number of benzene rings is 1. The van der Waals surface area contributed by atoms with Crippen LogP contribution < -0.4 is 4.74 Å². The van der Waals surface area contributed by atoms with Gasteiger partial charge in [0.1, 0.15) is 6.10 Å². The van der Waals surface area contributed by atoms with Crippen LogP contribution in [0.2, 0.25) is 0 Å². The number of hydrogen-bond donors (Lipinski definition) is 1. The molecule has 1 aromatic carbocycles. The first-order valence-electron chi connectivity index (χ1n) is 8.15. The van der Waals surface area contributed by atoms with E-state index in [1.54, 1.807) is 18.2 Å². The number of halogens is 1. The molecular formula is C17H24FNO3. The average Bonchev–Trinajstić information content (AvgIpc) is 2.73. The first-order valence-corrected chi connectivity index (χ1v) is 8.15. The van der Waals surface area contributed by atoms with Crippen molar-refractivity contribution in [2.75, 3.05) is 26.3 Å². The predicted molar refractivity (Wildman–Crippen MR) is 81.5 cm³/mol. The van der Waals surface area contributed by atoms with Crippen LogP contribution in [0.4, 0.5) is 4.39 Å². The number of hydrogen-bond acceptors (Lipinski definition) is 4. The number of likely N-dealkylation sites (tertiary alicyclic amines) is 1. The number of nitrogens with zero attached hydrogens (tertiary/aromatic N) is 1. The molecule has 0 bridgehead atoms. The Morgan fingerprint density at radius 2 is 1.82 bits per heavy atom. The summed E-state index contributed by atoms with van der Waals surface area (Å²) < 4.78 is 24.9. The second-order valence-corrected chi connectivity index (χ2v) is 6.11. The Morgan fingerprint density at radius 3 is 2.59 bits per heavy atom. The quantitative estimate of drug-likeness (QED) is 0.929. The van der Waals surface area contributed by atoms with Gasteiger partial charge in [-0.1, -0.05) is 12.1 Å². The summed E-state index contributed by atoms with van der Waals surface area (Å²) in [5.74, 6) is -0.147. The van der Waals surface area contributed by atoms with Gasteiger partial charge in [-0.05, 0) is 37.8 Å². The van der Waals surface area contributed by atoms with Gasteiger partial charge in [0.15, 0.2) is 11.6 Å². The number of aliphatic hydroxyl groups excluding tert-OH is 1. The molecule has 1 N–H and O–H groups in total. The van der Waals surface area contributed by atoms with Gasteiger partial charge in [0.25, 0.3) is 0 Å². The van der Waals surface area contributed by atoms with Crippen LogP contribution in [0.15, 0.2) is 24.3 Å². The van der Waals surface area contributed by atoms with Crippen molar-refractivity contribution < 1.29 is 19.0 Å². The average molecular weight is 309 g/mol. The molecule has 0 aliphatic carbocycles. The molecular weight excluding hydrogens is 285 g/mol. The highest BCUT2D eigenvalue weighted by molar-refractivity contribution is 5.24. The topological polar surface area (TPSA) is 41.9 Å². The van der Waals surface area contributed by atoms with Crippen LogP contribution in [0.5, 0.6) is 5.75 Å². The van der Waals surface area contributed by atoms with Gasteiger partial charge in [-0.25, -0.2) is 4.39 Å². The van der Waals surface area contributed by atoms with E-state index in [0.717, 1.165) is 39.1 Å². The van der Waals surface area contributed by atoms with E-state index in [4.69, 9.17) is 9.47 Å². The lowest BCUT2D eigenvalue weighted by atomic mass is 10.1. The van der Waals surface area contributed by atoms with E-state index in [2.05, 4.69) is 4.90 Å². The molecule has 22 heavy (non-hydrogen) atoms. The second kappa shape index (κ2) is 7.40. The molecule has 5 heteroatoms. The van der Waals surface area contributed by atoms with E-state index in [9.17, 15) is 9.50 Å². The van der Waals surface area contributed by atoms with Crippen molar-refractivity contribution in [2.45, 2.75) is 43.9 Å². The van der Waals surface area contributed by atoms with E-state index in [0.29, 0.717) is 18.9 Å². The third-order valence-electron chi connectivity index (χ3n) is 4.66. The van der Waals surface area contributed by atoms with Crippen LogP contribution in [-0.2, 0) is 4.74 Å². The minimum atomic E-state index is -0.551. The third-order valence-corrected chi connectivity index (χ3v) is 4.66. The zero-order valence-electron chi connectivity index (χ0n) is 12.8. The van der Waals surface area contributed by atoms with E-state index >= 15 is 0 Å². The number of ether oxygens (including phenoxy) is 2. The SMILES string of the molecule is O[C@H]1CCN(C2CCOCC2)CC[C@@H]1Oc1ccccc1F. The molecule has 2 heterocycles. The third kappa shape index (κ3) is 3.77. The molecule has 0 radical (unpaired) electrons. The maximum Gasteiger partial charge on any atom is 0.165 e. The lowest BCUT2D eigenvalue weighted by molar-refractivity contribution is 0.0322.